The van der Waals surface area contributed by atoms with Crippen molar-refractivity contribution in [1.82, 2.24) is 0 Å². The molecule has 0 fully saturated rings. The van der Waals surface area contributed by atoms with E-state index in [0.717, 1.165) is 22.4 Å². The van der Waals surface area contributed by atoms with Gasteiger partial charge in [-0.15, -0.1) is 0 Å². The Labute approximate surface area is 124 Å². The molecule has 0 aliphatic heterocycles. The molecule has 3 heteroatoms. The van der Waals surface area contributed by atoms with Gasteiger partial charge in [0.2, 0.25) is 0 Å². The van der Waals surface area contributed by atoms with Crippen LogP contribution in [-0.2, 0) is 22.6 Å². The Bertz CT molecular complexity index is 597. The quantitative estimate of drug-likeness (QED) is 0.759. The topological polar surface area (TPSA) is 35.5 Å². The summed E-state index contributed by atoms with van der Waals surface area (Å²) in [5.41, 5.74) is 2.91. The highest BCUT2D eigenvalue weighted by molar-refractivity contribution is 5.72. The van der Waals surface area contributed by atoms with Gasteiger partial charge in [0, 0.05) is 0 Å². The number of benzene rings is 2. The lowest BCUT2D eigenvalue weighted by molar-refractivity contribution is -0.144. The van der Waals surface area contributed by atoms with Gasteiger partial charge in [0.25, 0.3) is 0 Å². The summed E-state index contributed by atoms with van der Waals surface area (Å²) in [5.74, 6) is 0.530. The molecule has 2 aromatic carbocycles. The first-order valence-corrected chi connectivity index (χ1v) is 6.71. The normalized spacial score (nSPS) is 9.95. The lowest BCUT2D eigenvalue weighted by Crippen LogP contribution is -2.08. The molecular weight excluding hydrogens is 264 g/mol. The maximum absolute atomic E-state index is 11.8. The van der Waals surface area contributed by atoms with Crippen molar-refractivity contribution in [3.05, 3.63) is 71.8 Å². The van der Waals surface area contributed by atoms with Crippen molar-refractivity contribution in [2.75, 3.05) is 7.11 Å². The van der Waals surface area contributed by atoms with Crippen LogP contribution in [0.1, 0.15) is 16.7 Å². The zero-order valence-corrected chi connectivity index (χ0v) is 12.0. The molecule has 0 radical (unpaired) electrons. The van der Waals surface area contributed by atoms with E-state index in [2.05, 4.69) is 6.58 Å². The number of ether oxygens (including phenoxy) is 2. The predicted molar refractivity (Wildman–Crippen MR) is 83.0 cm³/mol. The van der Waals surface area contributed by atoms with Crippen molar-refractivity contribution in [3.8, 4) is 5.75 Å². The second-order valence-corrected chi connectivity index (χ2v) is 4.63. The summed E-state index contributed by atoms with van der Waals surface area (Å²) in [7, 11) is 1.61. The summed E-state index contributed by atoms with van der Waals surface area (Å²) in [6.45, 7) is 3.98. The minimum absolute atomic E-state index is 0.243. The van der Waals surface area contributed by atoms with Crippen molar-refractivity contribution in [2.45, 2.75) is 13.0 Å². The number of esters is 1. The first kappa shape index (κ1) is 14.9. The Hall–Kier alpha value is -2.55. The van der Waals surface area contributed by atoms with E-state index in [0.29, 0.717) is 0 Å². The largest absolute Gasteiger partial charge is 0.497 e. The van der Waals surface area contributed by atoms with E-state index in [4.69, 9.17) is 9.47 Å². The van der Waals surface area contributed by atoms with Crippen molar-refractivity contribution < 1.29 is 14.3 Å². The molecule has 0 saturated heterocycles. The van der Waals surface area contributed by atoms with Gasteiger partial charge < -0.3 is 9.47 Å². The molecule has 0 heterocycles. The zero-order valence-electron chi connectivity index (χ0n) is 12.0. The molecule has 0 spiro atoms. The molecular formula is C18H18O3. The van der Waals surface area contributed by atoms with E-state index in [1.165, 1.54) is 0 Å². The van der Waals surface area contributed by atoms with E-state index in [9.17, 15) is 4.79 Å². The van der Waals surface area contributed by atoms with Crippen LogP contribution in [-0.4, -0.2) is 13.1 Å². The molecule has 0 amide bonds. The summed E-state index contributed by atoms with van der Waals surface area (Å²) >= 11 is 0. The zero-order chi connectivity index (χ0) is 15.1. The SMILES string of the molecule is C=Cc1ccc(COC(=O)Cc2ccc(OC)cc2)cc1. The maximum atomic E-state index is 11.8. The Morgan fingerprint density at radius 3 is 2.24 bits per heavy atom. The van der Waals surface area contributed by atoms with Gasteiger partial charge in [-0.05, 0) is 28.8 Å². The number of carbonyl (C=O) groups excluding carboxylic acids is 1. The number of hydrogen-bond acceptors (Lipinski definition) is 3. The second kappa shape index (κ2) is 7.29. The lowest BCUT2D eigenvalue weighted by atomic mass is 10.1. The summed E-state index contributed by atoms with van der Waals surface area (Å²) in [5, 5.41) is 0. The highest BCUT2D eigenvalue weighted by Crippen LogP contribution is 2.12. The van der Waals surface area contributed by atoms with Crippen molar-refractivity contribution in [1.29, 1.82) is 0 Å². The van der Waals surface area contributed by atoms with Crippen LogP contribution >= 0.6 is 0 Å². The predicted octanol–water partition coefficient (Wildman–Crippen LogP) is 3.62. The monoisotopic (exact) mass is 282 g/mol. The first-order chi connectivity index (χ1) is 10.2. The highest BCUT2D eigenvalue weighted by Gasteiger charge is 2.05. The van der Waals surface area contributed by atoms with Crippen molar-refractivity contribution in [3.63, 3.8) is 0 Å². The Morgan fingerprint density at radius 2 is 1.67 bits per heavy atom. The van der Waals surface area contributed by atoms with Crippen LogP contribution in [0.5, 0.6) is 5.75 Å². The minimum atomic E-state index is -0.243. The van der Waals surface area contributed by atoms with E-state index < -0.39 is 0 Å². The fourth-order valence-corrected chi connectivity index (χ4v) is 1.87. The molecule has 3 nitrogen and oxygen atoms in total. The Morgan fingerprint density at radius 1 is 1.05 bits per heavy atom. The molecule has 0 aliphatic rings. The molecule has 0 N–H and O–H groups in total. The average Bonchev–Trinajstić information content (AvgIpc) is 2.54. The average molecular weight is 282 g/mol. The van der Waals surface area contributed by atoms with Gasteiger partial charge in [-0.1, -0.05) is 49.1 Å². The van der Waals surface area contributed by atoms with Crippen LogP contribution in [0.3, 0.4) is 0 Å². The minimum Gasteiger partial charge on any atom is -0.497 e. The Kier molecular flexibility index (Phi) is 5.16. The third kappa shape index (κ3) is 4.49. The summed E-state index contributed by atoms with van der Waals surface area (Å²) in [6, 6.07) is 15.1. The van der Waals surface area contributed by atoms with Crippen LogP contribution in [0.25, 0.3) is 6.08 Å². The smallest absolute Gasteiger partial charge is 0.310 e. The van der Waals surface area contributed by atoms with Crippen LogP contribution in [0.2, 0.25) is 0 Å². The standard InChI is InChI=1S/C18H18O3/c1-3-14-4-6-16(7-5-14)13-21-18(19)12-15-8-10-17(20-2)11-9-15/h3-11H,1,12-13H2,2H3. The third-order valence-corrected chi connectivity index (χ3v) is 3.12. The first-order valence-electron chi connectivity index (χ1n) is 6.71. The third-order valence-electron chi connectivity index (χ3n) is 3.12. The van der Waals surface area contributed by atoms with Crippen LogP contribution < -0.4 is 4.74 Å². The van der Waals surface area contributed by atoms with Crippen LogP contribution in [0.4, 0.5) is 0 Å². The Balaban J connectivity index is 1.84. The molecule has 2 rings (SSSR count). The number of hydrogen-bond donors (Lipinski definition) is 0. The molecule has 21 heavy (non-hydrogen) atoms. The fraction of sp³-hybridized carbons (Fsp3) is 0.167. The molecule has 0 bridgehead atoms. The lowest BCUT2D eigenvalue weighted by Gasteiger charge is -2.06. The molecule has 0 unspecified atom stereocenters. The molecule has 0 aliphatic carbocycles. The fourth-order valence-electron chi connectivity index (χ4n) is 1.87. The van der Waals surface area contributed by atoms with Crippen molar-refractivity contribution in [2.24, 2.45) is 0 Å². The second-order valence-electron chi connectivity index (χ2n) is 4.63. The summed E-state index contributed by atoms with van der Waals surface area (Å²) in [4.78, 5) is 11.8. The molecule has 0 aromatic heterocycles. The molecule has 2 aromatic rings. The maximum Gasteiger partial charge on any atom is 0.310 e. The number of rotatable bonds is 6. The molecule has 0 atom stereocenters. The number of carbonyl (C=O) groups is 1. The van der Waals surface area contributed by atoms with E-state index in [1.54, 1.807) is 13.2 Å². The van der Waals surface area contributed by atoms with Gasteiger partial charge >= 0.3 is 5.97 Å². The number of methoxy groups -OCH3 is 1. The van der Waals surface area contributed by atoms with E-state index in [-0.39, 0.29) is 19.0 Å². The van der Waals surface area contributed by atoms with E-state index in [1.807, 2.05) is 48.5 Å². The van der Waals surface area contributed by atoms with Crippen molar-refractivity contribution >= 4 is 12.0 Å². The van der Waals surface area contributed by atoms with Gasteiger partial charge in [-0.25, -0.2) is 0 Å². The molecule has 108 valence electrons. The summed E-state index contributed by atoms with van der Waals surface area (Å²) < 4.78 is 10.3. The van der Waals surface area contributed by atoms with Crippen LogP contribution in [0.15, 0.2) is 55.1 Å². The highest BCUT2D eigenvalue weighted by atomic mass is 16.5. The van der Waals surface area contributed by atoms with Gasteiger partial charge in [0.05, 0.1) is 13.5 Å². The van der Waals surface area contributed by atoms with Gasteiger partial charge in [0.15, 0.2) is 0 Å². The van der Waals surface area contributed by atoms with Gasteiger partial charge in [0.1, 0.15) is 12.4 Å². The summed E-state index contributed by atoms with van der Waals surface area (Å²) in [6.07, 6.45) is 2.04. The van der Waals surface area contributed by atoms with Gasteiger partial charge in [-0.3, -0.25) is 4.79 Å². The van der Waals surface area contributed by atoms with Gasteiger partial charge in [-0.2, -0.15) is 0 Å². The van der Waals surface area contributed by atoms with E-state index >= 15 is 0 Å². The molecule has 0 saturated carbocycles. The van der Waals surface area contributed by atoms with Crippen LogP contribution in [0, 0.1) is 0 Å².